The fourth-order valence-electron chi connectivity index (χ4n) is 0.706. The Kier molecular flexibility index (Phi) is 2.34. The smallest absolute Gasteiger partial charge is 0.0545 e. The second-order valence-corrected chi connectivity index (χ2v) is 4.04. The molecule has 10 heavy (non-hydrogen) atoms. The molecule has 56 valence electrons. The maximum absolute atomic E-state index is 5.83. The standard InChI is InChI=1S/C7H10ClNS/c1-4(9)7-3-6(8)5(2)10-7/h3-4H,9H2,1-2H3. The lowest BCUT2D eigenvalue weighted by Crippen LogP contribution is -2.01. The third-order valence-corrected chi connectivity index (χ3v) is 3.08. The average Bonchev–Trinajstić information content (AvgIpc) is 2.13. The van der Waals surface area contributed by atoms with Crippen LogP contribution in [0.3, 0.4) is 0 Å². The van der Waals surface area contributed by atoms with E-state index in [0.29, 0.717) is 0 Å². The Bertz CT molecular complexity index is 210. The monoisotopic (exact) mass is 175 g/mol. The predicted octanol–water partition coefficient (Wildman–Crippen LogP) is 2.73. The maximum Gasteiger partial charge on any atom is 0.0545 e. The molecule has 0 saturated heterocycles. The molecule has 0 fully saturated rings. The molecule has 0 saturated carbocycles. The molecule has 1 rings (SSSR count). The van der Waals surface area contributed by atoms with Crippen LogP contribution in [0.2, 0.25) is 5.02 Å². The number of aryl methyl sites for hydroxylation is 1. The quantitative estimate of drug-likeness (QED) is 0.698. The number of nitrogens with two attached hydrogens (primary N) is 1. The Morgan fingerprint density at radius 2 is 2.30 bits per heavy atom. The fraction of sp³-hybridized carbons (Fsp3) is 0.429. The highest BCUT2D eigenvalue weighted by Gasteiger charge is 2.05. The molecular formula is C7H10ClNS. The van der Waals surface area contributed by atoms with Crippen LogP contribution >= 0.6 is 22.9 Å². The molecule has 0 aliphatic rings. The van der Waals surface area contributed by atoms with Gasteiger partial charge in [0.25, 0.3) is 0 Å². The lowest BCUT2D eigenvalue weighted by molar-refractivity contribution is 0.838. The Morgan fingerprint density at radius 1 is 1.70 bits per heavy atom. The summed E-state index contributed by atoms with van der Waals surface area (Å²) in [4.78, 5) is 2.30. The van der Waals surface area contributed by atoms with Crippen molar-refractivity contribution >= 4 is 22.9 Å². The third-order valence-electron chi connectivity index (χ3n) is 1.33. The van der Waals surface area contributed by atoms with E-state index in [1.54, 1.807) is 11.3 Å². The SMILES string of the molecule is Cc1sc(C(C)N)cc1Cl. The summed E-state index contributed by atoms with van der Waals surface area (Å²) in [6, 6.07) is 2.04. The number of hydrogen-bond donors (Lipinski definition) is 1. The van der Waals surface area contributed by atoms with Crippen LogP contribution in [0.5, 0.6) is 0 Å². The van der Waals surface area contributed by atoms with Gasteiger partial charge in [-0.1, -0.05) is 11.6 Å². The third kappa shape index (κ3) is 1.51. The molecule has 1 unspecified atom stereocenters. The van der Waals surface area contributed by atoms with Gasteiger partial charge in [-0.2, -0.15) is 0 Å². The van der Waals surface area contributed by atoms with E-state index < -0.39 is 0 Å². The van der Waals surface area contributed by atoms with E-state index in [0.717, 1.165) is 14.8 Å². The van der Waals surface area contributed by atoms with Crippen LogP contribution in [0.25, 0.3) is 0 Å². The molecule has 1 nitrogen and oxygen atoms in total. The molecule has 0 spiro atoms. The summed E-state index contributed by atoms with van der Waals surface area (Å²) in [7, 11) is 0. The van der Waals surface area contributed by atoms with Crippen molar-refractivity contribution in [1.29, 1.82) is 0 Å². The first-order valence-corrected chi connectivity index (χ1v) is 4.32. The van der Waals surface area contributed by atoms with Gasteiger partial charge in [-0.25, -0.2) is 0 Å². The molecule has 1 atom stereocenters. The number of hydrogen-bond acceptors (Lipinski definition) is 2. The summed E-state index contributed by atoms with van der Waals surface area (Å²) in [6.45, 7) is 3.96. The first-order chi connectivity index (χ1) is 4.61. The van der Waals surface area contributed by atoms with Gasteiger partial charge in [0.05, 0.1) is 5.02 Å². The van der Waals surface area contributed by atoms with Crippen molar-refractivity contribution in [1.82, 2.24) is 0 Å². The first-order valence-electron chi connectivity index (χ1n) is 3.12. The number of halogens is 1. The van der Waals surface area contributed by atoms with Crippen molar-refractivity contribution < 1.29 is 0 Å². The predicted molar refractivity (Wildman–Crippen MR) is 46.7 cm³/mol. The van der Waals surface area contributed by atoms with Crippen molar-refractivity contribution in [2.75, 3.05) is 0 Å². The molecule has 0 amide bonds. The van der Waals surface area contributed by atoms with Crippen molar-refractivity contribution in [3.05, 3.63) is 20.8 Å². The molecule has 3 heteroatoms. The summed E-state index contributed by atoms with van der Waals surface area (Å²) in [5.41, 5.74) is 5.65. The molecule has 1 heterocycles. The van der Waals surface area contributed by atoms with Crippen molar-refractivity contribution in [3.63, 3.8) is 0 Å². The molecule has 0 aliphatic carbocycles. The van der Waals surface area contributed by atoms with Crippen LogP contribution in [0.1, 0.15) is 22.7 Å². The van der Waals surface area contributed by atoms with E-state index in [9.17, 15) is 0 Å². The van der Waals surface area contributed by atoms with Gasteiger partial charge in [0.2, 0.25) is 0 Å². The second-order valence-electron chi connectivity index (χ2n) is 2.34. The van der Waals surface area contributed by atoms with Crippen LogP contribution in [-0.2, 0) is 0 Å². The van der Waals surface area contributed by atoms with Gasteiger partial charge in [-0.15, -0.1) is 11.3 Å². The minimum absolute atomic E-state index is 0.108. The van der Waals surface area contributed by atoms with E-state index in [1.807, 2.05) is 19.9 Å². The molecule has 2 N–H and O–H groups in total. The second kappa shape index (κ2) is 2.91. The van der Waals surface area contributed by atoms with Gasteiger partial charge < -0.3 is 5.73 Å². The fourth-order valence-corrected chi connectivity index (χ4v) is 1.88. The summed E-state index contributed by atoms with van der Waals surface area (Å²) in [6.07, 6.45) is 0. The van der Waals surface area contributed by atoms with E-state index in [-0.39, 0.29) is 6.04 Å². The molecule has 0 radical (unpaired) electrons. The molecule has 0 bridgehead atoms. The Balaban J connectivity index is 2.98. The highest BCUT2D eigenvalue weighted by atomic mass is 35.5. The zero-order chi connectivity index (χ0) is 7.72. The zero-order valence-electron chi connectivity index (χ0n) is 6.02. The van der Waals surface area contributed by atoms with Gasteiger partial charge >= 0.3 is 0 Å². The number of rotatable bonds is 1. The Labute approximate surface area is 69.8 Å². The van der Waals surface area contributed by atoms with Gasteiger partial charge in [0, 0.05) is 15.8 Å². The van der Waals surface area contributed by atoms with Gasteiger partial charge in [0.1, 0.15) is 0 Å². The summed E-state index contributed by atoms with van der Waals surface area (Å²) in [5.74, 6) is 0. The zero-order valence-corrected chi connectivity index (χ0v) is 7.59. The van der Waals surface area contributed by atoms with Crippen LogP contribution in [0, 0.1) is 6.92 Å². The molecule has 0 aliphatic heterocycles. The van der Waals surface area contributed by atoms with E-state index in [1.165, 1.54) is 0 Å². The van der Waals surface area contributed by atoms with Crippen molar-refractivity contribution in [2.45, 2.75) is 19.9 Å². The minimum Gasteiger partial charge on any atom is -0.324 e. The lowest BCUT2D eigenvalue weighted by Gasteiger charge is -1.96. The highest BCUT2D eigenvalue weighted by Crippen LogP contribution is 2.28. The Morgan fingerprint density at radius 3 is 2.50 bits per heavy atom. The molecular weight excluding hydrogens is 166 g/mol. The summed E-state index contributed by atoms with van der Waals surface area (Å²) in [5, 5.41) is 0.831. The van der Waals surface area contributed by atoms with Crippen molar-refractivity contribution in [2.24, 2.45) is 5.73 Å². The largest absolute Gasteiger partial charge is 0.324 e. The van der Waals surface area contributed by atoms with Crippen LogP contribution in [0.15, 0.2) is 6.07 Å². The lowest BCUT2D eigenvalue weighted by atomic mass is 10.3. The summed E-state index contributed by atoms with van der Waals surface area (Å²) < 4.78 is 0. The van der Waals surface area contributed by atoms with Gasteiger partial charge in [0.15, 0.2) is 0 Å². The topological polar surface area (TPSA) is 26.0 Å². The average molecular weight is 176 g/mol. The molecule has 1 aromatic heterocycles. The molecule has 0 aromatic carbocycles. The van der Waals surface area contributed by atoms with Crippen LogP contribution < -0.4 is 5.73 Å². The Hall–Kier alpha value is -0.0500. The first kappa shape index (κ1) is 8.05. The van der Waals surface area contributed by atoms with Gasteiger partial charge in [-0.3, -0.25) is 0 Å². The molecule has 1 aromatic rings. The van der Waals surface area contributed by atoms with Gasteiger partial charge in [-0.05, 0) is 19.9 Å². The van der Waals surface area contributed by atoms with Crippen molar-refractivity contribution in [3.8, 4) is 0 Å². The number of thiophene rings is 1. The van der Waals surface area contributed by atoms with E-state index in [2.05, 4.69) is 0 Å². The maximum atomic E-state index is 5.83. The highest BCUT2D eigenvalue weighted by molar-refractivity contribution is 7.12. The van der Waals surface area contributed by atoms with E-state index in [4.69, 9.17) is 17.3 Å². The van der Waals surface area contributed by atoms with Crippen LogP contribution in [-0.4, -0.2) is 0 Å². The minimum atomic E-state index is 0.108. The van der Waals surface area contributed by atoms with Crippen LogP contribution in [0.4, 0.5) is 0 Å². The summed E-state index contributed by atoms with van der Waals surface area (Å²) >= 11 is 7.49. The normalized spacial score (nSPS) is 13.6. The van der Waals surface area contributed by atoms with E-state index >= 15 is 0 Å².